The van der Waals surface area contributed by atoms with Crippen LogP contribution in [0.1, 0.15) is 31.9 Å². The average Bonchev–Trinajstić information content (AvgIpc) is 2.46. The van der Waals surface area contributed by atoms with Crippen molar-refractivity contribution >= 4 is 21.6 Å². The molecule has 21 heavy (non-hydrogen) atoms. The lowest BCUT2D eigenvalue weighted by Crippen LogP contribution is -2.10. The van der Waals surface area contributed by atoms with Gasteiger partial charge in [0.25, 0.3) is 0 Å². The molecule has 112 valence electrons. The molecule has 2 aromatic rings. The lowest BCUT2D eigenvalue weighted by molar-refractivity contribution is 0.414. The zero-order valence-electron chi connectivity index (χ0n) is 13.0. The minimum Gasteiger partial charge on any atom is -0.497 e. The molecule has 0 atom stereocenters. The molecular weight excluding hydrogens is 326 g/mol. The van der Waals surface area contributed by atoms with Crippen LogP contribution in [0.4, 0.5) is 5.69 Å². The molecule has 2 nitrogen and oxygen atoms in total. The van der Waals surface area contributed by atoms with Crippen LogP contribution < -0.4 is 10.1 Å². The highest BCUT2D eigenvalue weighted by Gasteiger charge is 2.12. The molecule has 0 fully saturated rings. The number of halogens is 1. The topological polar surface area (TPSA) is 21.3 Å². The number of benzene rings is 2. The van der Waals surface area contributed by atoms with E-state index in [1.807, 2.05) is 18.2 Å². The molecule has 1 N–H and O–H groups in total. The van der Waals surface area contributed by atoms with Gasteiger partial charge in [-0.25, -0.2) is 0 Å². The van der Waals surface area contributed by atoms with Crippen molar-refractivity contribution in [1.82, 2.24) is 0 Å². The summed E-state index contributed by atoms with van der Waals surface area (Å²) in [6, 6.07) is 14.6. The SMILES string of the molecule is COc1ccc(Br)c(CNc2ccc(C(C)(C)C)cc2)c1. The second-order valence-corrected chi connectivity index (χ2v) is 6.99. The summed E-state index contributed by atoms with van der Waals surface area (Å²) < 4.78 is 6.35. The third-order valence-electron chi connectivity index (χ3n) is 3.49. The maximum Gasteiger partial charge on any atom is 0.119 e. The predicted molar refractivity (Wildman–Crippen MR) is 93.2 cm³/mol. The fourth-order valence-corrected chi connectivity index (χ4v) is 2.49. The van der Waals surface area contributed by atoms with Gasteiger partial charge < -0.3 is 10.1 Å². The van der Waals surface area contributed by atoms with Crippen LogP contribution in [-0.2, 0) is 12.0 Å². The van der Waals surface area contributed by atoms with Crippen LogP contribution in [0.25, 0.3) is 0 Å². The fourth-order valence-electron chi connectivity index (χ4n) is 2.10. The summed E-state index contributed by atoms with van der Waals surface area (Å²) in [5.41, 5.74) is 3.83. The maximum absolute atomic E-state index is 5.27. The predicted octanol–water partition coefficient (Wildman–Crippen LogP) is 5.37. The highest BCUT2D eigenvalue weighted by Crippen LogP contribution is 2.25. The van der Waals surface area contributed by atoms with Crippen LogP contribution in [0, 0.1) is 0 Å². The van der Waals surface area contributed by atoms with E-state index in [2.05, 4.69) is 66.3 Å². The largest absolute Gasteiger partial charge is 0.497 e. The van der Waals surface area contributed by atoms with Gasteiger partial charge in [0.15, 0.2) is 0 Å². The third-order valence-corrected chi connectivity index (χ3v) is 4.26. The van der Waals surface area contributed by atoms with E-state index < -0.39 is 0 Å². The quantitative estimate of drug-likeness (QED) is 0.802. The Morgan fingerprint density at radius 1 is 1.05 bits per heavy atom. The van der Waals surface area contributed by atoms with Crippen molar-refractivity contribution in [2.75, 3.05) is 12.4 Å². The Morgan fingerprint density at radius 3 is 2.29 bits per heavy atom. The van der Waals surface area contributed by atoms with E-state index in [1.54, 1.807) is 7.11 Å². The van der Waals surface area contributed by atoms with E-state index in [0.717, 1.165) is 22.5 Å². The third kappa shape index (κ3) is 4.24. The van der Waals surface area contributed by atoms with E-state index in [-0.39, 0.29) is 5.41 Å². The Kier molecular flexibility index (Phi) is 4.94. The summed E-state index contributed by atoms with van der Waals surface area (Å²) >= 11 is 3.58. The fraction of sp³-hybridized carbons (Fsp3) is 0.333. The van der Waals surface area contributed by atoms with E-state index in [9.17, 15) is 0 Å². The normalized spacial score (nSPS) is 11.3. The van der Waals surface area contributed by atoms with E-state index in [1.165, 1.54) is 11.1 Å². The molecule has 0 aliphatic carbocycles. The minimum atomic E-state index is 0.189. The van der Waals surface area contributed by atoms with Crippen LogP contribution in [0.2, 0.25) is 0 Å². The van der Waals surface area contributed by atoms with Gasteiger partial charge in [0.1, 0.15) is 5.75 Å². The van der Waals surface area contributed by atoms with Crippen LogP contribution in [0.3, 0.4) is 0 Å². The number of ether oxygens (including phenoxy) is 1. The molecule has 0 spiro atoms. The summed E-state index contributed by atoms with van der Waals surface area (Å²) in [5.74, 6) is 0.873. The van der Waals surface area contributed by atoms with Crippen molar-refractivity contribution in [3.05, 3.63) is 58.1 Å². The lowest BCUT2D eigenvalue weighted by Gasteiger charge is -2.19. The lowest BCUT2D eigenvalue weighted by atomic mass is 9.87. The molecule has 0 saturated heterocycles. The highest BCUT2D eigenvalue weighted by atomic mass is 79.9. The first-order chi connectivity index (χ1) is 9.90. The maximum atomic E-state index is 5.27. The molecule has 0 saturated carbocycles. The van der Waals surface area contributed by atoms with Crippen molar-refractivity contribution in [3.8, 4) is 5.75 Å². The van der Waals surface area contributed by atoms with Gasteiger partial charge in [-0.3, -0.25) is 0 Å². The van der Waals surface area contributed by atoms with Crippen molar-refractivity contribution < 1.29 is 4.74 Å². The molecule has 0 heterocycles. The van der Waals surface area contributed by atoms with Crippen molar-refractivity contribution in [1.29, 1.82) is 0 Å². The summed E-state index contributed by atoms with van der Waals surface area (Å²) in [7, 11) is 1.69. The zero-order valence-corrected chi connectivity index (χ0v) is 14.6. The van der Waals surface area contributed by atoms with Gasteiger partial charge in [0, 0.05) is 16.7 Å². The molecule has 3 heteroatoms. The molecule has 0 aliphatic heterocycles. The summed E-state index contributed by atoms with van der Waals surface area (Å²) in [6.07, 6.45) is 0. The van der Waals surface area contributed by atoms with Gasteiger partial charge in [-0.1, -0.05) is 48.8 Å². The van der Waals surface area contributed by atoms with E-state index in [4.69, 9.17) is 4.74 Å². The zero-order chi connectivity index (χ0) is 15.5. The van der Waals surface area contributed by atoms with Crippen molar-refractivity contribution in [2.24, 2.45) is 0 Å². The Labute approximate surface area is 135 Å². The molecule has 0 bridgehead atoms. The molecular formula is C18H22BrNO. The number of hydrogen-bond donors (Lipinski definition) is 1. The standard InChI is InChI=1S/C18H22BrNO/c1-18(2,3)14-5-7-15(8-6-14)20-12-13-11-16(21-4)9-10-17(13)19/h5-11,20H,12H2,1-4H3. The monoisotopic (exact) mass is 347 g/mol. The molecule has 0 amide bonds. The summed E-state index contributed by atoms with van der Waals surface area (Å²) in [4.78, 5) is 0. The van der Waals surface area contributed by atoms with Gasteiger partial charge >= 0.3 is 0 Å². The Balaban J connectivity index is 2.06. The van der Waals surface area contributed by atoms with Crippen LogP contribution in [-0.4, -0.2) is 7.11 Å². The minimum absolute atomic E-state index is 0.189. The highest BCUT2D eigenvalue weighted by molar-refractivity contribution is 9.10. The Morgan fingerprint density at radius 2 is 1.71 bits per heavy atom. The molecule has 0 aliphatic rings. The number of rotatable bonds is 4. The first-order valence-electron chi connectivity index (χ1n) is 7.07. The number of methoxy groups -OCH3 is 1. The first-order valence-corrected chi connectivity index (χ1v) is 7.86. The van der Waals surface area contributed by atoms with Crippen LogP contribution in [0.5, 0.6) is 5.75 Å². The van der Waals surface area contributed by atoms with Gasteiger partial charge in [0.05, 0.1) is 7.11 Å². The van der Waals surface area contributed by atoms with Crippen LogP contribution >= 0.6 is 15.9 Å². The summed E-state index contributed by atoms with van der Waals surface area (Å²) in [5, 5.41) is 3.45. The number of nitrogens with one attached hydrogen (secondary N) is 1. The van der Waals surface area contributed by atoms with Gasteiger partial charge in [-0.2, -0.15) is 0 Å². The molecule has 0 aromatic heterocycles. The first kappa shape index (κ1) is 15.9. The van der Waals surface area contributed by atoms with Gasteiger partial charge in [-0.05, 0) is 46.9 Å². The summed E-state index contributed by atoms with van der Waals surface area (Å²) in [6.45, 7) is 7.43. The van der Waals surface area contributed by atoms with Crippen molar-refractivity contribution in [2.45, 2.75) is 32.7 Å². The molecule has 2 rings (SSSR count). The Hall–Kier alpha value is -1.48. The number of hydrogen-bond acceptors (Lipinski definition) is 2. The number of anilines is 1. The van der Waals surface area contributed by atoms with E-state index in [0.29, 0.717) is 0 Å². The van der Waals surface area contributed by atoms with Gasteiger partial charge in [-0.15, -0.1) is 0 Å². The molecule has 2 aromatic carbocycles. The average molecular weight is 348 g/mol. The smallest absolute Gasteiger partial charge is 0.119 e. The van der Waals surface area contributed by atoms with Crippen LogP contribution in [0.15, 0.2) is 46.9 Å². The van der Waals surface area contributed by atoms with Gasteiger partial charge in [0.2, 0.25) is 0 Å². The molecule has 0 radical (unpaired) electrons. The second kappa shape index (κ2) is 6.52. The van der Waals surface area contributed by atoms with E-state index >= 15 is 0 Å². The second-order valence-electron chi connectivity index (χ2n) is 6.14. The molecule has 0 unspecified atom stereocenters. The van der Waals surface area contributed by atoms with Crippen molar-refractivity contribution in [3.63, 3.8) is 0 Å². The Bertz CT molecular complexity index is 600.